The predicted molar refractivity (Wildman–Crippen MR) is 87.1 cm³/mol. The summed E-state index contributed by atoms with van der Waals surface area (Å²) in [6.07, 6.45) is 3.56. The Morgan fingerprint density at radius 1 is 1.38 bits per heavy atom. The van der Waals surface area contributed by atoms with E-state index >= 15 is 0 Å². The fourth-order valence-electron chi connectivity index (χ4n) is 3.62. The van der Waals surface area contributed by atoms with E-state index in [1.54, 1.807) is 34.2 Å². The smallest absolute Gasteiger partial charge is 0.273 e. The highest BCUT2D eigenvalue weighted by Gasteiger charge is 2.51. The molecule has 7 heteroatoms. The Morgan fingerprint density at radius 3 is 2.83 bits per heavy atom. The molecule has 3 rings (SSSR count). The summed E-state index contributed by atoms with van der Waals surface area (Å²) >= 11 is 0. The van der Waals surface area contributed by atoms with E-state index in [0.717, 1.165) is 6.42 Å². The molecule has 2 N–H and O–H groups in total. The highest BCUT2D eigenvalue weighted by Crippen LogP contribution is 2.31. The lowest BCUT2D eigenvalue weighted by molar-refractivity contribution is -0.137. The molecule has 1 aromatic rings. The molecule has 128 valence electrons. The van der Waals surface area contributed by atoms with Gasteiger partial charge < -0.3 is 15.5 Å². The normalized spacial score (nSPS) is 24.2. The molecule has 24 heavy (non-hydrogen) atoms. The highest BCUT2D eigenvalue weighted by atomic mass is 16.2. The van der Waals surface area contributed by atoms with E-state index in [1.807, 2.05) is 6.92 Å². The van der Waals surface area contributed by atoms with Gasteiger partial charge in [-0.3, -0.25) is 19.4 Å². The van der Waals surface area contributed by atoms with Gasteiger partial charge in [0.15, 0.2) is 5.78 Å². The minimum Gasteiger partial charge on any atom is -0.329 e. The first-order valence-electron chi connectivity index (χ1n) is 8.35. The summed E-state index contributed by atoms with van der Waals surface area (Å²) in [5, 5.41) is 0. The van der Waals surface area contributed by atoms with E-state index in [9.17, 15) is 14.4 Å². The van der Waals surface area contributed by atoms with Crippen LogP contribution in [0.3, 0.4) is 0 Å². The third-order valence-corrected chi connectivity index (χ3v) is 4.77. The molecule has 3 atom stereocenters. The number of hydrogen-bond donors (Lipinski definition) is 1. The van der Waals surface area contributed by atoms with E-state index in [2.05, 4.69) is 4.98 Å². The number of aromatic nitrogens is 1. The molecule has 0 bridgehead atoms. The van der Waals surface area contributed by atoms with Crippen LogP contribution in [0.4, 0.5) is 0 Å². The Balaban J connectivity index is 1.77. The molecule has 0 radical (unpaired) electrons. The van der Waals surface area contributed by atoms with E-state index in [0.29, 0.717) is 25.1 Å². The van der Waals surface area contributed by atoms with Gasteiger partial charge in [0.2, 0.25) is 5.91 Å². The van der Waals surface area contributed by atoms with Crippen molar-refractivity contribution in [3.05, 3.63) is 30.1 Å². The number of ketones is 1. The lowest BCUT2D eigenvalue weighted by Gasteiger charge is -2.26. The van der Waals surface area contributed by atoms with Gasteiger partial charge >= 0.3 is 0 Å². The monoisotopic (exact) mass is 330 g/mol. The van der Waals surface area contributed by atoms with Crippen molar-refractivity contribution in [2.75, 3.05) is 13.1 Å². The first-order chi connectivity index (χ1) is 11.5. The Hall–Kier alpha value is -2.28. The predicted octanol–water partition coefficient (Wildman–Crippen LogP) is 0.203. The molecule has 2 amide bonds. The average Bonchev–Trinajstić information content (AvgIpc) is 3.16. The molecule has 2 fully saturated rings. The standard InChI is InChI=1S/C17H22N4O3/c1-2-5-11(18)16(23)20-9-7-13-15(20)14(22)10-21(13)17(24)12-6-3-4-8-19-12/h3-4,6,8,11,13,15H,2,5,7,9-10,18H2,1H3. The maximum Gasteiger partial charge on any atom is 0.273 e. The SMILES string of the molecule is CCCC(N)C(=O)N1CCC2C1C(=O)CN2C(=O)c1ccccn1. The van der Waals surface area contributed by atoms with Crippen molar-refractivity contribution in [3.63, 3.8) is 0 Å². The van der Waals surface area contributed by atoms with E-state index in [1.165, 1.54) is 0 Å². The zero-order chi connectivity index (χ0) is 17.3. The zero-order valence-electron chi connectivity index (χ0n) is 13.7. The Bertz CT molecular complexity index is 648. The Morgan fingerprint density at radius 2 is 2.17 bits per heavy atom. The van der Waals surface area contributed by atoms with Crippen LogP contribution in [0.5, 0.6) is 0 Å². The topological polar surface area (TPSA) is 96.6 Å². The van der Waals surface area contributed by atoms with Gasteiger partial charge in [-0.05, 0) is 25.0 Å². The largest absolute Gasteiger partial charge is 0.329 e. The molecule has 2 saturated heterocycles. The summed E-state index contributed by atoms with van der Waals surface area (Å²) in [6, 6.07) is 3.69. The van der Waals surface area contributed by atoms with Crippen molar-refractivity contribution >= 4 is 17.6 Å². The minimum atomic E-state index is -0.581. The molecule has 0 aliphatic carbocycles. The van der Waals surface area contributed by atoms with Crippen LogP contribution in [0, 0.1) is 0 Å². The number of fused-ring (bicyclic) bond motifs is 1. The van der Waals surface area contributed by atoms with Crippen LogP contribution in [0.2, 0.25) is 0 Å². The van der Waals surface area contributed by atoms with Gasteiger partial charge in [0.05, 0.1) is 18.6 Å². The summed E-state index contributed by atoms with van der Waals surface area (Å²) in [6.45, 7) is 2.45. The van der Waals surface area contributed by atoms with Crippen LogP contribution >= 0.6 is 0 Å². The average molecular weight is 330 g/mol. The van der Waals surface area contributed by atoms with Gasteiger partial charge in [0.25, 0.3) is 5.91 Å². The highest BCUT2D eigenvalue weighted by molar-refractivity contribution is 6.01. The van der Waals surface area contributed by atoms with Gasteiger partial charge in [0, 0.05) is 12.7 Å². The third kappa shape index (κ3) is 2.80. The molecular weight excluding hydrogens is 308 g/mol. The van der Waals surface area contributed by atoms with Crippen molar-refractivity contribution in [1.82, 2.24) is 14.8 Å². The summed E-state index contributed by atoms with van der Waals surface area (Å²) < 4.78 is 0. The van der Waals surface area contributed by atoms with E-state index < -0.39 is 12.1 Å². The number of rotatable bonds is 4. The summed E-state index contributed by atoms with van der Waals surface area (Å²) in [7, 11) is 0. The second-order valence-corrected chi connectivity index (χ2v) is 6.34. The number of carbonyl (C=O) groups is 3. The van der Waals surface area contributed by atoms with Crippen LogP contribution in [-0.2, 0) is 9.59 Å². The van der Waals surface area contributed by atoms with Crippen LogP contribution in [0.15, 0.2) is 24.4 Å². The maximum atomic E-state index is 12.6. The number of nitrogens with zero attached hydrogens (tertiary/aromatic N) is 3. The van der Waals surface area contributed by atoms with E-state index in [-0.39, 0.29) is 30.2 Å². The quantitative estimate of drug-likeness (QED) is 0.851. The molecule has 0 saturated carbocycles. The molecule has 3 heterocycles. The number of amides is 2. The maximum absolute atomic E-state index is 12.6. The molecular formula is C17H22N4O3. The van der Waals surface area contributed by atoms with Crippen molar-refractivity contribution in [1.29, 1.82) is 0 Å². The van der Waals surface area contributed by atoms with Gasteiger partial charge in [-0.2, -0.15) is 0 Å². The number of carbonyl (C=O) groups excluding carboxylic acids is 3. The van der Waals surface area contributed by atoms with E-state index in [4.69, 9.17) is 5.73 Å². The second kappa shape index (κ2) is 6.68. The van der Waals surface area contributed by atoms with Crippen LogP contribution in [-0.4, -0.2) is 63.6 Å². The van der Waals surface area contributed by atoms with Crippen molar-refractivity contribution in [3.8, 4) is 0 Å². The molecule has 2 aliphatic heterocycles. The lowest BCUT2D eigenvalue weighted by atomic mass is 10.1. The number of hydrogen-bond acceptors (Lipinski definition) is 5. The third-order valence-electron chi connectivity index (χ3n) is 4.77. The number of pyridine rings is 1. The Kier molecular flexibility index (Phi) is 4.62. The van der Waals surface area contributed by atoms with Gasteiger partial charge in [0.1, 0.15) is 11.7 Å². The first kappa shape index (κ1) is 16.6. The van der Waals surface area contributed by atoms with Gasteiger partial charge in [-0.15, -0.1) is 0 Å². The molecule has 0 aromatic carbocycles. The van der Waals surface area contributed by atoms with Gasteiger partial charge in [-0.25, -0.2) is 0 Å². The molecule has 0 spiro atoms. The molecule has 2 aliphatic rings. The fourth-order valence-corrected chi connectivity index (χ4v) is 3.62. The first-order valence-corrected chi connectivity index (χ1v) is 8.35. The minimum absolute atomic E-state index is 0.0253. The molecule has 3 unspecified atom stereocenters. The lowest BCUT2D eigenvalue weighted by Crippen LogP contribution is -2.49. The van der Waals surface area contributed by atoms with Crippen molar-refractivity contribution < 1.29 is 14.4 Å². The second-order valence-electron chi connectivity index (χ2n) is 6.34. The number of Topliss-reactive ketones (excluding diaryl/α,β-unsaturated/α-hetero) is 1. The van der Waals surface area contributed by atoms with Crippen LogP contribution < -0.4 is 5.73 Å². The molecule has 7 nitrogen and oxygen atoms in total. The zero-order valence-corrected chi connectivity index (χ0v) is 13.7. The summed E-state index contributed by atoms with van der Waals surface area (Å²) in [4.78, 5) is 44.8. The number of likely N-dealkylation sites (tertiary alicyclic amines) is 2. The Labute approximate surface area is 140 Å². The van der Waals surface area contributed by atoms with Crippen molar-refractivity contribution in [2.24, 2.45) is 5.73 Å². The van der Waals surface area contributed by atoms with Gasteiger partial charge in [-0.1, -0.05) is 19.4 Å². The summed E-state index contributed by atoms with van der Waals surface area (Å²) in [5.74, 6) is -0.549. The fraction of sp³-hybridized carbons (Fsp3) is 0.529. The molecule has 1 aromatic heterocycles. The number of nitrogens with two attached hydrogens (primary N) is 1. The van der Waals surface area contributed by atoms with Crippen LogP contribution in [0.1, 0.15) is 36.7 Å². The summed E-state index contributed by atoms with van der Waals surface area (Å²) in [5.41, 5.74) is 6.25. The van der Waals surface area contributed by atoms with Crippen LogP contribution in [0.25, 0.3) is 0 Å². The van der Waals surface area contributed by atoms with Crippen molar-refractivity contribution in [2.45, 2.75) is 44.3 Å².